The molecule has 2 aliphatic carbocycles. The van der Waals surface area contributed by atoms with E-state index in [4.69, 9.17) is 16.6 Å². The van der Waals surface area contributed by atoms with Crippen molar-refractivity contribution < 1.29 is 18.6 Å². The van der Waals surface area contributed by atoms with Crippen molar-refractivity contribution in [2.75, 3.05) is 0 Å². The van der Waals surface area contributed by atoms with Gasteiger partial charge in [0, 0.05) is 0 Å². The van der Waals surface area contributed by atoms with Crippen molar-refractivity contribution in [1.82, 2.24) is 0 Å². The van der Waals surface area contributed by atoms with Gasteiger partial charge in [-0.3, -0.25) is 0 Å². The number of fused-ring (bicyclic) bond motifs is 2. The van der Waals surface area contributed by atoms with Gasteiger partial charge in [0.2, 0.25) is 0 Å². The molecule has 0 spiro atoms. The van der Waals surface area contributed by atoms with E-state index in [0.717, 1.165) is 19.3 Å². The summed E-state index contributed by atoms with van der Waals surface area (Å²) in [5.74, 6) is -0.996. The molecule has 0 aliphatic heterocycles. The highest BCUT2D eigenvalue weighted by molar-refractivity contribution is 6.35. The lowest BCUT2D eigenvalue weighted by Crippen LogP contribution is -2.28. The fourth-order valence-corrected chi connectivity index (χ4v) is 2.61. The third-order valence-corrected chi connectivity index (χ3v) is 3.31. The second kappa shape index (κ2) is 3.77. The minimum absolute atomic E-state index is 0.1000. The van der Waals surface area contributed by atoms with Gasteiger partial charge in [0.05, 0.1) is 0 Å². The minimum atomic E-state index is -1.13. The van der Waals surface area contributed by atoms with E-state index in [1.54, 1.807) is 0 Å². The van der Waals surface area contributed by atoms with Gasteiger partial charge in [-0.25, -0.2) is 9.59 Å². The molecule has 3 atom stereocenters. The summed E-state index contributed by atoms with van der Waals surface area (Å²) in [6.45, 7) is 0. The van der Waals surface area contributed by atoms with E-state index < -0.39 is 11.9 Å². The second-order valence-corrected chi connectivity index (χ2v) is 4.14. The molecule has 0 heterocycles. The molecule has 0 aromatic carbocycles. The lowest BCUT2D eigenvalue weighted by molar-refractivity contribution is -0.167. The van der Waals surface area contributed by atoms with Crippen LogP contribution >= 0.6 is 11.9 Å². The number of rotatable bonds is 1. The Labute approximate surface area is 86.7 Å². The van der Waals surface area contributed by atoms with Crippen molar-refractivity contribution in [2.45, 2.75) is 31.8 Å². The first kappa shape index (κ1) is 9.77. The van der Waals surface area contributed by atoms with Crippen LogP contribution in [0, 0.1) is 11.8 Å². The van der Waals surface area contributed by atoms with Crippen LogP contribution in [0.25, 0.3) is 0 Å². The molecule has 5 heteroatoms. The summed E-state index contributed by atoms with van der Waals surface area (Å²) in [7, 11) is 0. The van der Waals surface area contributed by atoms with Gasteiger partial charge in [0.1, 0.15) is 18.0 Å². The van der Waals surface area contributed by atoms with E-state index in [2.05, 4.69) is 4.29 Å². The van der Waals surface area contributed by atoms with Crippen molar-refractivity contribution in [3.8, 4) is 0 Å². The maximum atomic E-state index is 11.0. The Bertz CT molecular complexity index is 266. The summed E-state index contributed by atoms with van der Waals surface area (Å²) in [6.07, 6.45) is 4.22. The Balaban J connectivity index is 1.87. The van der Waals surface area contributed by atoms with Crippen LogP contribution in [-0.2, 0) is 18.6 Å². The first-order chi connectivity index (χ1) is 6.70. The molecule has 0 amide bonds. The molecule has 2 aliphatic rings. The van der Waals surface area contributed by atoms with Crippen LogP contribution in [0.3, 0.4) is 0 Å². The maximum absolute atomic E-state index is 11.0. The largest absolute Gasteiger partial charge is 0.454 e. The molecule has 2 saturated carbocycles. The molecule has 2 fully saturated rings. The summed E-state index contributed by atoms with van der Waals surface area (Å²) in [6, 6.07) is 0. The van der Waals surface area contributed by atoms with Crippen molar-refractivity contribution in [3.63, 3.8) is 0 Å². The Morgan fingerprint density at radius 1 is 1.14 bits per heavy atom. The van der Waals surface area contributed by atoms with E-state index in [1.165, 1.54) is 6.42 Å². The quantitative estimate of drug-likeness (QED) is 0.493. The number of hydrogen-bond acceptors (Lipinski definition) is 4. The minimum Gasteiger partial charge on any atom is -0.454 e. The summed E-state index contributed by atoms with van der Waals surface area (Å²) in [4.78, 5) is 21.7. The van der Waals surface area contributed by atoms with Gasteiger partial charge < -0.3 is 9.03 Å². The van der Waals surface area contributed by atoms with Crippen LogP contribution < -0.4 is 0 Å². The Hall–Kier alpha value is -0.770. The van der Waals surface area contributed by atoms with Crippen LogP contribution in [0.4, 0.5) is 0 Å². The van der Waals surface area contributed by atoms with E-state index >= 15 is 0 Å². The number of halogens is 1. The summed E-state index contributed by atoms with van der Waals surface area (Å²) in [5, 5.41) is 0. The fourth-order valence-electron chi connectivity index (χ4n) is 2.55. The molecule has 2 rings (SSSR count). The zero-order chi connectivity index (χ0) is 10.1. The van der Waals surface area contributed by atoms with Gasteiger partial charge in [0.15, 0.2) is 0 Å². The van der Waals surface area contributed by atoms with E-state index in [9.17, 15) is 9.59 Å². The van der Waals surface area contributed by atoms with Crippen molar-refractivity contribution >= 4 is 23.8 Å². The molecule has 4 nitrogen and oxygen atoms in total. The van der Waals surface area contributed by atoms with E-state index in [1.807, 2.05) is 0 Å². The van der Waals surface area contributed by atoms with Gasteiger partial charge in [-0.05, 0) is 37.5 Å². The molecule has 0 N–H and O–H groups in total. The smallest absolute Gasteiger partial charge is 0.435 e. The number of carbonyl (C=O) groups is 2. The van der Waals surface area contributed by atoms with Gasteiger partial charge in [-0.15, -0.1) is 0 Å². The molecule has 3 unspecified atom stereocenters. The molecular weight excluding hydrogens is 208 g/mol. The maximum Gasteiger partial charge on any atom is 0.435 e. The zero-order valence-electron chi connectivity index (χ0n) is 7.57. The third kappa shape index (κ3) is 1.71. The lowest BCUT2D eigenvalue weighted by Gasteiger charge is -2.20. The van der Waals surface area contributed by atoms with Gasteiger partial charge in [-0.2, -0.15) is 0 Å². The zero-order valence-corrected chi connectivity index (χ0v) is 8.33. The highest BCUT2D eigenvalue weighted by Gasteiger charge is 2.42. The molecule has 0 radical (unpaired) electrons. The van der Waals surface area contributed by atoms with Crippen LogP contribution in [0.1, 0.15) is 25.7 Å². The summed E-state index contributed by atoms with van der Waals surface area (Å²) >= 11 is 4.76. The van der Waals surface area contributed by atoms with E-state index in [-0.39, 0.29) is 6.10 Å². The van der Waals surface area contributed by atoms with Crippen LogP contribution in [0.5, 0.6) is 0 Å². The number of ether oxygens (including phenoxy) is 1. The Morgan fingerprint density at radius 2 is 1.93 bits per heavy atom. The fraction of sp³-hybridized carbons (Fsp3) is 0.778. The lowest BCUT2D eigenvalue weighted by atomic mass is 9.98. The van der Waals surface area contributed by atoms with Crippen molar-refractivity contribution in [2.24, 2.45) is 11.8 Å². The first-order valence-electron chi connectivity index (χ1n) is 4.74. The average Bonchev–Trinajstić information content (AvgIpc) is 2.77. The normalized spacial score (nSPS) is 34.2. The van der Waals surface area contributed by atoms with Crippen LogP contribution in [0.2, 0.25) is 0 Å². The van der Waals surface area contributed by atoms with Gasteiger partial charge in [0.25, 0.3) is 0 Å². The highest BCUT2D eigenvalue weighted by atomic mass is 35.5. The molecule has 0 aromatic heterocycles. The number of carbonyl (C=O) groups excluding carboxylic acids is 2. The van der Waals surface area contributed by atoms with Crippen LogP contribution in [-0.4, -0.2) is 18.0 Å². The standard InChI is InChI=1S/C9H11ClO4/c10-14-9(12)8(11)13-7-4-5-1-2-6(7)3-5/h5-7H,1-4H2. The molecule has 0 saturated heterocycles. The summed E-state index contributed by atoms with van der Waals surface area (Å²) < 4.78 is 8.76. The Kier molecular flexibility index (Phi) is 2.63. The van der Waals surface area contributed by atoms with Gasteiger partial charge in [-0.1, -0.05) is 0 Å². The molecule has 2 bridgehead atoms. The number of esters is 1. The second-order valence-electron chi connectivity index (χ2n) is 3.98. The topological polar surface area (TPSA) is 52.6 Å². The third-order valence-electron chi connectivity index (χ3n) is 3.17. The Morgan fingerprint density at radius 3 is 2.43 bits per heavy atom. The monoisotopic (exact) mass is 218 g/mol. The van der Waals surface area contributed by atoms with Crippen molar-refractivity contribution in [3.05, 3.63) is 0 Å². The van der Waals surface area contributed by atoms with Crippen LogP contribution in [0.15, 0.2) is 0 Å². The predicted octanol–water partition coefficient (Wildman–Crippen LogP) is 1.42. The molecule has 78 valence electrons. The predicted molar refractivity (Wildman–Crippen MR) is 47.3 cm³/mol. The first-order valence-corrected chi connectivity index (χ1v) is 5.05. The molecule has 0 aromatic rings. The SMILES string of the molecule is O=C(OCl)C(=O)OC1CC2CCC1C2. The van der Waals surface area contributed by atoms with E-state index in [0.29, 0.717) is 11.8 Å². The number of hydrogen-bond donors (Lipinski definition) is 0. The molecule has 14 heavy (non-hydrogen) atoms. The highest BCUT2D eigenvalue weighted by Crippen LogP contribution is 2.45. The summed E-state index contributed by atoms with van der Waals surface area (Å²) in [5.41, 5.74) is 0. The molecular formula is C9H11ClO4. The van der Waals surface area contributed by atoms with Crippen molar-refractivity contribution in [1.29, 1.82) is 0 Å². The van der Waals surface area contributed by atoms with Gasteiger partial charge >= 0.3 is 11.9 Å². The average molecular weight is 219 g/mol.